The average molecular weight is 279 g/mol. The molecule has 0 bridgehead atoms. The van der Waals surface area contributed by atoms with E-state index in [-0.39, 0.29) is 11.6 Å². The first-order chi connectivity index (χ1) is 9.50. The lowest BCUT2D eigenvalue weighted by Gasteiger charge is -2.34. The van der Waals surface area contributed by atoms with Crippen LogP contribution in [-0.4, -0.2) is 33.6 Å². The topological polar surface area (TPSA) is 72.0 Å². The van der Waals surface area contributed by atoms with Crippen LogP contribution < -0.4 is 15.4 Å². The van der Waals surface area contributed by atoms with E-state index in [1.165, 1.54) is 19.3 Å². The highest BCUT2D eigenvalue weighted by molar-refractivity contribution is 5.37. The zero-order valence-corrected chi connectivity index (χ0v) is 12.9. The SMILES string of the molecule is CNc1nc(NC2(C)CCCCC2)nc(OC(C)C)n1. The molecule has 1 aromatic rings. The minimum atomic E-state index is 0.0419. The number of nitrogens with one attached hydrogen (secondary N) is 2. The molecule has 1 heterocycles. The summed E-state index contributed by atoms with van der Waals surface area (Å²) in [6, 6.07) is 0.362. The molecule has 0 saturated heterocycles. The van der Waals surface area contributed by atoms with E-state index in [2.05, 4.69) is 32.5 Å². The number of anilines is 2. The van der Waals surface area contributed by atoms with Gasteiger partial charge in [0, 0.05) is 12.6 Å². The molecule has 0 spiro atoms. The maximum atomic E-state index is 5.58. The quantitative estimate of drug-likeness (QED) is 0.863. The Morgan fingerprint density at radius 1 is 1.05 bits per heavy atom. The molecule has 20 heavy (non-hydrogen) atoms. The van der Waals surface area contributed by atoms with Gasteiger partial charge in [-0.1, -0.05) is 19.3 Å². The van der Waals surface area contributed by atoms with Crippen LogP contribution in [0.4, 0.5) is 11.9 Å². The summed E-state index contributed by atoms with van der Waals surface area (Å²) in [6.45, 7) is 6.15. The second kappa shape index (κ2) is 6.24. The summed E-state index contributed by atoms with van der Waals surface area (Å²) in [5.41, 5.74) is 0.0692. The van der Waals surface area contributed by atoms with E-state index in [9.17, 15) is 0 Å². The Morgan fingerprint density at radius 2 is 1.70 bits per heavy atom. The summed E-state index contributed by atoms with van der Waals surface area (Å²) in [4.78, 5) is 13.0. The van der Waals surface area contributed by atoms with Gasteiger partial charge in [-0.05, 0) is 33.6 Å². The fourth-order valence-electron chi connectivity index (χ4n) is 2.51. The molecule has 0 aromatic carbocycles. The lowest BCUT2D eigenvalue weighted by atomic mass is 9.83. The van der Waals surface area contributed by atoms with E-state index in [0.29, 0.717) is 17.9 Å². The molecule has 0 aliphatic heterocycles. The smallest absolute Gasteiger partial charge is 0.323 e. The van der Waals surface area contributed by atoms with Crippen LogP contribution >= 0.6 is 0 Å². The van der Waals surface area contributed by atoms with Crippen LogP contribution in [0.25, 0.3) is 0 Å². The van der Waals surface area contributed by atoms with Crippen LogP contribution in [0.2, 0.25) is 0 Å². The highest BCUT2D eigenvalue weighted by Crippen LogP contribution is 2.30. The minimum absolute atomic E-state index is 0.0419. The van der Waals surface area contributed by atoms with Gasteiger partial charge in [-0.15, -0.1) is 0 Å². The van der Waals surface area contributed by atoms with Gasteiger partial charge in [0.05, 0.1) is 6.10 Å². The molecule has 2 rings (SSSR count). The zero-order valence-electron chi connectivity index (χ0n) is 12.9. The number of ether oxygens (including phenoxy) is 1. The summed E-state index contributed by atoms with van der Waals surface area (Å²) in [5.74, 6) is 1.11. The molecule has 0 unspecified atom stereocenters. The maximum absolute atomic E-state index is 5.58. The zero-order chi connectivity index (χ0) is 14.6. The van der Waals surface area contributed by atoms with Gasteiger partial charge in [0.25, 0.3) is 0 Å². The van der Waals surface area contributed by atoms with Gasteiger partial charge >= 0.3 is 6.01 Å². The number of aromatic nitrogens is 3. The Bertz CT molecular complexity index is 443. The van der Waals surface area contributed by atoms with Crippen LogP contribution in [0.3, 0.4) is 0 Å². The molecule has 6 heteroatoms. The summed E-state index contributed by atoms with van der Waals surface area (Å²) in [6.07, 6.45) is 6.16. The van der Waals surface area contributed by atoms with Crippen LogP contribution in [0.5, 0.6) is 6.01 Å². The van der Waals surface area contributed by atoms with Gasteiger partial charge < -0.3 is 15.4 Å². The van der Waals surface area contributed by atoms with Crippen LogP contribution in [-0.2, 0) is 0 Å². The molecule has 1 aliphatic rings. The van der Waals surface area contributed by atoms with Crippen molar-refractivity contribution in [1.82, 2.24) is 15.0 Å². The first-order valence-corrected chi connectivity index (χ1v) is 7.39. The second-order valence-corrected chi connectivity index (χ2v) is 5.93. The van der Waals surface area contributed by atoms with E-state index in [0.717, 1.165) is 12.8 Å². The van der Waals surface area contributed by atoms with Crippen molar-refractivity contribution < 1.29 is 4.74 Å². The molecule has 1 fully saturated rings. The normalized spacial score (nSPS) is 17.9. The molecule has 1 saturated carbocycles. The molecule has 0 atom stereocenters. The predicted molar refractivity (Wildman–Crippen MR) is 80.3 cm³/mol. The van der Waals surface area contributed by atoms with Crippen LogP contribution in [0.1, 0.15) is 52.9 Å². The Hall–Kier alpha value is -1.59. The summed E-state index contributed by atoms with van der Waals surface area (Å²) >= 11 is 0. The third kappa shape index (κ3) is 3.95. The van der Waals surface area contributed by atoms with E-state index >= 15 is 0 Å². The van der Waals surface area contributed by atoms with E-state index in [4.69, 9.17) is 4.74 Å². The molecule has 112 valence electrons. The highest BCUT2D eigenvalue weighted by atomic mass is 16.5. The Balaban J connectivity index is 2.17. The lowest BCUT2D eigenvalue weighted by Crippen LogP contribution is -2.37. The summed E-state index contributed by atoms with van der Waals surface area (Å²) in [7, 11) is 1.79. The van der Waals surface area contributed by atoms with E-state index < -0.39 is 0 Å². The number of nitrogens with zero attached hydrogens (tertiary/aromatic N) is 3. The molecule has 0 radical (unpaired) electrons. The molecule has 1 aromatic heterocycles. The van der Waals surface area contributed by atoms with Gasteiger partial charge in [-0.25, -0.2) is 0 Å². The van der Waals surface area contributed by atoms with Crippen molar-refractivity contribution in [3.05, 3.63) is 0 Å². The molecule has 2 N–H and O–H groups in total. The first kappa shape index (κ1) is 14.8. The number of hydrogen-bond donors (Lipinski definition) is 2. The summed E-state index contributed by atoms with van der Waals surface area (Å²) < 4.78 is 5.58. The average Bonchev–Trinajstić information content (AvgIpc) is 2.37. The first-order valence-electron chi connectivity index (χ1n) is 7.39. The largest absolute Gasteiger partial charge is 0.461 e. The van der Waals surface area contributed by atoms with E-state index in [1.807, 2.05) is 13.8 Å². The monoisotopic (exact) mass is 279 g/mol. The van der Waals surface area contributed by atoms with Gasteiger partial charge in [-0.2, -0.15) is 15.0 Å². The van der Waals surface area contributed by atoms with Crippen molar-refractivity contribution in [3.63, 3.8) is 0 Å². The molecular formula is C14H25N5O. The van der Waals surface area contributed by atoms with Gasteiger partial charge in [0.15, 0.2) is 0 Å². The van der Waals surface area contributed by atoms with Crippen LogP contribution in [0.15, 0.2) is 0 Å². The molecular weight excluding hydrogens is 254 g/mol. The highest BCUT2D eigenvalue weighted by Gasteiger charge is 2.27. The molecule has 0 amide bonds. The van der Waals surface area contributed by atoms with Crippen molar-refractivity contribution in [2.24, 2.45) is 0 Å². The lowest BCUT2D eigenvalue weighted by molar-refractivity contribution is 0.222. The third-order valence-corrected chi connectivity index (χ3v) is 3.55. The van der Waals surface area contributed by atoms with E-state index in [1.54, 1.807) is 7.05 Å². The second-order valence-electron chi connectivity index (χ2n) is 5.93. The van der Waals surface area contributed by atoms with Crippen molar-refractivity contribution in [3.8, 4) is 6.01 Å². The van der Waals surface area contributed by atoms with Crippen molar-refractivity contribution in [2.75, 3.05) is 17.7 Å². The predicted octanol–water partition coefficient (Wildman–Crippen LogP) is 2.84. The van der Waals surface area contributed by atoms with Gasteiger partial charge in [0.2, 0.25) is 11.9 Å². The van der Waals surface area contributed by atoms with Crippen LogP contribution in [0, 0.1) is 0 Å². The molecule has 1 aliphatic carbocycles. The Morgan fingerprint density at radius 3 is 2.30 bits per heavy atom. The standard InChI is InChI=1S/C14H25N5O/c1-10(2)20-13-17-11(15-4)16-12(18-13)19-14(3)8-6-5-7-9-14/h10H,5-9H2,1-4H3,(H2,15,16,17,18,19). The fraction of sp³-hybridized carbons (Fsp3) is 0.786. The molecule has 6 nitrogen and oxygen atoms in total. The third-order valence-electron chi connectivity index (χ3n) is 3.55. The summed E-state index contributed by atoms with van der Waals surface area (Å²) in [5, 5.41) is 6.41. The maximum Gasteiger partial charge on any atom is 0.323 e. The van der Waals surface area contributed by atoms with Crippen molar-refractivity contribution in [1.29, 1.82) is 0 Å². The van der Waals surface area contributed by atoms with Gasteiger partial charge in [-0.3, -0.25) is 0 Å². The van der Waals surface area contributed by atoms with Crippen molar-refractivity contribution in [2.45, 2.75) is 64.5 Å². The van der Waals surface area contributed by atoms with Gasteiger partial charge in [0.1, 0.15) is 0 Å². The Labute approximate surface area is 120 Å². The fourth-order valence-corrected chi connectivity index (χ4v) is 2.51. The van der Waals surface area contributed by atoms with Crippen molar-refractivity contribution >= 4 is 11.9 Å². The number of hydrogen-bond acceptors (Lipinski definition) is 6. The minimum Gasteiger partial charge on any atom is -0.461 e. The Kier molecular flexibility index (Phi) is 4.62. The number of rotatable bonds is 5.